The fourth-order valence-corrected chi connectivity index (χ4v) is 2.06. The van der Waals surface area contributed by atoms with Crippen molar-refractivity contribution in [2.45, 2.75) is 4.90 Å². The van der Waals surface area contributed by atoms with Gasteiger partial charge in [-0.25, -0.2) is 13.6 Å². The summed E-state index contributed by atoms with van der Waals surface area (Å²) in [6, 6.07) is 1.38. The quantitative estimate of drug-likeness (QED) is 0.629. The Morgan fingerprint density at radius 3 is 2.40 bits per heavy atom. The van der Waals surface area contributed by atoms with Crippen LogP contribution >= 0.6 is 11.6 Å². The average molecular weight is 255 g/mol. The first-order valence-electron chi connectivity index (χ1n) is 3.40. The van der Waals surface area contributed by atoms with E-state index in [9.17, 15) is 22.9 Å². The van der Waals surface area contributed by atoms with E-state index in [0.717, 1.165) is 6.07 Å². The fourth-order valence-electron chi connectivity index (χ4n) is 0.910. The summed E-state index contributed by atoms with van der Waals surface area (Å²) in [4.78, 5) is 8.57. The summed E-state index contributed by atoms with van der Waals surface area (Å²) in [7, 11) is -4.21. The topological polar surface area (TPSA) is 103 Å². The molecule has 0 aromatic heterocycles. The second-order valence-corrected chi connectivity index (χ2v) is 4.42. The monoisotopic (exact) mass is 254 g/mol. The minimum absolute atomic E-state index is 0.615. The molecule has 0 bridgehead atoms. The fraction of sp³-hybridized carbons (Fsp3) is 0. The Labute approximate surface area is 88.7 Å². The Balaban J connectivity index is 3.64. The summed E-state index contributed by atoms with van der Waals surface area (Å²) in [5, 5.41) is 14.3. The van der Waals surface area contributed by atoms with Crippen LogP contribution in [0.15, 0.2) is 17.0 Å². The number of nitrogens with zero attached hydrogens (tertiary/aromatic N) is 1. The second-order valence-electron chi connectivity index (χ2n) is 2.51. The third-order valence-electron chi connectivity index (χ3n) is 1.52. The largest absolute Gasteiger partial charge is 0.324 e. The molecule has 0 radical (unpaired) electrons. The zero-order valence-corrected chi connectivity index (χ0v) is 8.55. The predicted molar refractivity (Wildman–Crippen MR) is 49.4 cm³/mol. The first-order chi connectivity index (χ1) is 6.75. The van der Waals surface area contributed by atoms with Crippen molar-refractivity contribution in [2.24, 2.45) is 5.14 Å². The van der Waals surface area contributed by atoms with Crippen LogP contribution in [0, 0.1) is 15.9 Å². The molecule has 0 aliphatic carbocycles. The molecule has 0 aliphatic rings. The van der Waals surface area contributed by atoms with Crippen molar-refractivity contribution in [2.75, 3.05) is 0 Å². The Morgan fingerprint density at radius 1 is 1.47 bits per heavy atom. The maximum absolute atomic E-state index is 12.9. The number of primary sulfonamides is 1. The zero-order chi connectivity index (χ0) is 11.8. The van der Waals surface area contributed by atoms with Gasteiger partial charge in [0.25, 0.3) is 0 Å². The molecule has 2 N–H and O–H groups in total. The summed E-state index contributed by atoms with van der Waals surface area (Å²) in [6.45, 7) is 0. The molecule has 0 unspecified atom stereocenters. The van der Waals surface area contributed by atoms with Gasteiger partial charge >= 0.3 is 5.69 Å². The maximum Gasteiger partial charge on any atom is 0.324 e. The molecular formula is C6H4ClFN2O4S. The van der Waals surface area contributed by atoms with E-state index in [2.05, 4.69) is 0 Å². The molecule has 0 amide bonds. The van der Waals surface area contributed by atoms with Gasteiger partial charge in [0.15, 0.2) is 0 Å². The maximum atomic E-state index is 12.9. The Hall–Kier alpha value is -1.25. The number of rotatable bonds is 2. The number of nitrogens with two attached hydrogens (primary N) is 1. The van der Waals surface area contributed by atoms with Crippen molar-refractivity contribution in [3.05, 3.63) is 33.1 Å². The van der Waals surface area contributed by atoms with Gasteiger partial charge in [0, 0.05) is 0 Å². The number of hydrogen-bond donors (Lipinski definition) is 1. The van der Waals surface area contributed by atoms with E-state index in [1.54, 1.807) is 0 Å². The van der Waals surface area contributed by atoms with Gasteiger partial charge in [-0.3, -0.25) is 10.1 Å². The molecule has 0 atom stereocenters. The van der Waals surface area contributed by atoms with E-state index in [-0.39, 0.29) is 0 Å². The van der Waals surface area contributed by atoms with Crippen molar-refractivity contribution in [3.8, 4) is 0 Å². The van der Waals surface area contributed by atoms with Gasteiger partial charge < -0.3 is 0 Å². The highest BCUT2D eigenvalue weighted by atomic mass is 35.5. The standard InChI is InChI=1S/C6H4ClFN2O4S/c7-5-4(15(9,13)14)2-1-3(8)6(5)10(11)12/h1-2H,(H2,9,13,14). The van der Waals surface area contributed by atoms with Crippen LogP contribution in [0.3, 0.4) is 0 Å². The lowest BCUT2D eigenvalue weighted by Crippen LogP contribution is -2.13. The van der Waals surface area contributed by atoms with E-state index in [0.29, 0.717) is 6.07 Å². The minimum Gasteiger partial charge on any atom is -0.258 e. The van der Waals surface area contributed by atoms with Gasteiger partial charge in [-0.1, -0.05) is 11.6 Å². The highest BCUT2D eigenvalue weighted by molar-refractivity contribution is 7.89. The Bertz CT molecular complexity index is 530. The molecule has 15 heavy (non-hydrogen) atoms. The van der Waals surface area contributed by atoms with Crippen molar-refractivity contribution >= 4 is 27.3 Å². The van der Waals surface area contributed by atoms with Crippen LogP contribution < -0.4 is 5.14 Å². The molecule has 0 aliphatic heterocycles. The first-order valence-corrected chi connectivity index (χ1v) is 5.32. The van der Waals surface area contributed by atoms with Crippen molar-refractivity contribution in [1.29, 1.82) is 0 Å². The van der Waals surface area contributed by atoms with Gasteiger partial charge in [-0.2, -0.15) is 4.39 Å². The second kappa shape index (κ2) is 3.72. The van der Waals surface area contributed by atoms with Crippen LogP contribution in [-0.4, -0.2) is 13.3 Å². The third kappa shape index (κ3) is 2.22. The molecule has 9 heteroatoms. The number of hydrogen-bond acceptors (Lipinski definition) is 4. The van der Waals surface area contributed by atoms with Gasteiger partial charge in [-0.15, -0.1) is 0 Å². The predicted octanol–water partition coefficient (Wildman–Crippen LogP) is 1.03. The van der Waals surface area contributed by atoms with Crippen LogP contribution in [0.5, 0.6) is 0 Å². The number of halogens is 2. The normalized spacial score (nSPS) is 11.4. The lowest BCUT2D eigenvalue weighted by atomic mass is 10.3. The van der Waals surface area contributed by atoms with Gasteiger partial charge in [0.2, 0.25) is 15.8 Å². The van der Waals surface area contributed by atoms with E-state index < -0.39 is 36.4 Å². The molecule has 0 saturated carbocycles. The lowest BCUT2D eigenvalue weighted by Gasteiger charge is -2.02. The lowest BCUT2D eigenvalue weighted by molar-refractivity contribution is -0.387. The highest BCUT2D eigenvalue weighted by Gasteiger charge is 2.26. The molecule has 0 heterocycles. The van der Waals surface area contributed by atoms with E-state index in [1.807, 2.05) is 0 Å². The summed E-state index contributed by atoms with van der Waals surface area (Å²) in [6.07, 6.45) is 0. The molecule has 1 aromatic carbocycles. The van der Waals surface area contributed by atoms with Crippen LogP contribution in [0.25, 0.3) is 0 Å². The molecular weight excluding hydrogens is 251 g/mol. The minimum atomic E-state index is -4.21. The van der Waals surface area contributed by atoms with E-state index in [4.69, 9.17) is 16.7 Å². The van der Waals surface area contributed by atoms with Crippen molar-refractivity contribution in [1.82, 2.24) is 0 Å². The molecule has 0 fully saturated rings. The van der Waals surface area contributed by atoms with Crippen LogP contribution in [0.2, 0.25) is 5.02 Å². The summed E-state index contributed by atoms with van der Waals surface area (Å²) >= 11 is 5.35. The summed E-state index contributed by atoms with van der Waals surface area (Å²) in [5.74, 6) is -1.22. The number of sulfonamides is 1. The number of nitro groups is 1. The molecule has 0 saturated heterocycles. The smallest absolute Gasteiger partial charge is 0.258 e. The summed E-state index contributed by atoms with van der Waals surface area (Å²) < 4.78 is 34.7. The van der Waals surface area contributed by atoms with Crippen LogP contribution in [0.1, 0.15) is 0 Å². The van der Waals surface area contributed by atoms with E-state index in [1.165, 1.54) is 0 Å². The average Bonchev–Trinajstić information content (AvgIpc) is 2.00. The third-order valence-corrected chi connectivity index (χ3v) is 2.97. The van der Waals surface area contributed by atoms with Gasteiger partial charge in [-0.05, 0) is 12.1 Å². The Morgan fingerprint density at radius 2 is 2.00 bits per heavy atom. The molecule has 1 aromatic rings. The van der Waals surface area contributed by atoms with Gasteiger partial charge in [0.05, 0.1) is 4.92 Å². The van der Waals surface area contributed by atoms with Crippen molar-refractivity contribution in [3.63, 3.8) is 0 Å². The molecule has 82 valence electrons. The Kier molecular flexibility index (Phi) is 2.93. The molecule has 1 rings (SSSR count). The molecule has 0 spiro atoms. The van der Waals surface area contributed by atoms with Crippen molar-refractivity contribution < 1.29 is 17.7 Å². The molecule has 6 nitrogen and oxygen atoms in total. The zero-order valence-electron chi connectivity index (χ0n) is 6.98. The van der Waals surface area contributed by atoms with Gasteiger partial charge in [0.1, 0.15) is 9.92 Å². The number of benzene rings is 1. The number of nitro benzene ring substituents is 1. The SMILES string of the molecule is NS(=O)(=O)c1ccc(F)c([N+](=O)[O-])c1Cl. The van der Waals surface area contributed by atoms with Crippen LogP contribution in [0.4, 0.5) is 10.1 Å². The highest BCUT2D eigenvalue weighted by Crippen LogP contribution is 2.32. The van der Waals surface area contributed by atoms with Crippen LogP contribution in [-0.2, 0) is 10.0 Å². The van der Waals surface area contributed by atoms with E-state index >= 15 is 0 Å². The first kappa shape index (κ1) is 11.8. The summed E-state index contributed by atoms with van der Waals surface area (Å²) in [5.41, 5.74) is -1.11.